The van der Waals surface area contributed by atoms with E-state index < -0.39 is 5.79 Å². The molecule has 0 aromatic rings. The van der Waals surface area contributed by atoms with Gasteiger partial charge < -0.3 is 14.2 Å². The maximum Gasteiger partial charge on any atom is 0.170 e. The van der Waals surface area contributed by atoms with Gasteiger partial charge in [0.15, 0.2) is 5.79 Å². The highest BCUT2D eigenvalue weighted by atomic mass is 16.7. The van der Waals surface area contributed by atoms with Crippen LogP contribution in [0.4, 0.5) is 0 Å². The van der Waals surface area contributed by atoms with E-state index in [4.69, 9.17) is 14.2 Å². The van der Waals surface area contributed by atoms with Crippen LogP contribution in [0.2, 0.25) is 0 Å². The van der Waals surface area contributed by atoms with Crippen molar-refractivity contribution in [3.63, 3.8) is 0 Å². The third kappa shape index (κ3) is 8.03. The first-order valence-corrected chi connectivity index (χ1v) is 12.0. The zero-order valence-electron chi connectivity index (χ0n) is 19.1. The van der Waals surface area contributed by atoms with Crippen LogP contribution in [-0.2, 0) is 14.2 Å². The molecule has 0 amide bonds. The van der Waals surface area contributed by atoms with E-state index in [1.165, 1.54) is 57.8 Å². The van der Waals surface area contributed by atoms with E-state index in [2.05, 4.69) is 34.6 Å². The van der Waals surface area contributed by atoms with Crippen LogP contribution in [-0.4, -0.2) is 32.2 Å². The SMILES string of the molecule is CCCCCCCCC(CC1(CC)COC1)C(CC)(OCCC)OCCC. The summed E-state index contributed by atoms with van der Waals surface area (Å²) in [5.41, 5.74) is 0.346. The van der Waals surface area contributed by atoms with Gasteiger partial charge >= 0.3 is 0 Å². The van der Waals surface area contributed by atoms with Crippen LogP contribution in [0.5, 0.6) is 0 Å². The Labute approximate surface area is 169 Å². The van der Waals surface area contributed by atoms with Crippen molar-refractivity contribution in [1.82, 2.24) is 0 Å². The third-order valence-electron chi connectivity index (χ3n) is 6.37. The third-order valence-corrected chi connectivity index (χ3v) is 6.37. The predicted molar refractivity (Wildman–Crippen MR) is 115 cm³/mol. The summed E-state index contributed by atoms with van der Waals surface area (Å²) in [5, 5.41) is 0. The van der Waals surface area contributed by atoms with Crippen LogP contribution in [0.3, 0.4) is 0 Å². The summed E-state index contributed by atoms with van der Waals surface area (Å²) >= 11 is 0. The lowest BCUT2D eigenvalue weighted by molar-refractivity contribution is -0.281. The van der Waals surface area contributed by atoms with Crippen molar-refractivity contribution in [2.75, 3.05) is 26.4 Å². The molecule has 1 saturated heterocycles. The Morgan fingerprint density at radius 3 is 1.85 bits per heavy atom. The summed E-state index contributed by atoms with van der Waals surface area (Å²) in [7, 11) is 0. The minimum Gasteiger partial charge on any atom is -0.380 e. The minimum atomic E-state index is -0.410. The van der Waals surface area contributed by atoms with Gasteiger partial charge in [-0.1, -0.05) is 73.1 Å². The molecule has 1 rings (SSSR count). The summed E-state index contributed by atoms with van der Waals surface area (Å²) in [6.07, 6.45) is 14.7. The molecule has 3 heteroatoms. The molecule has 162 valence electrons. The highest BCUT2D eigenvalue weighted by Crippen LogP contribution is 2.45. The fourth-order valence-electron chi connectivity index (χ4n) is 4.35. The molecule has 1 fully saturated rings. The normalized spacial score (nSPS) is 17.7. The van der Waals surface area contributed by atoms with Crippen LogP contribution < -0.4 is 0 Å². The summed E-state index contributed by atoms with van der Waals surface area (Å²) in [4.78, 5) is 0. The Bertz CT molecular complexity index is 338. The molecule has 0 aromatic heterocycles. The van der Waals surface area contributed by atoms with Gasteiger partial charge in [0, 0.05) is 24.5 Å². The first-order chi connectivity index (χ1) is 13.1. The Balaban J connectivity index is 2.81. The van der Waals surface area contributed by atoms with Gasteiger partial charge in [-0.3, -0.25) is 0 Å². The molecule has 0 saturated carbocycles. The van der Waals surface area contributed by atoms with Gasteiger partial charge in [-0.05, 0) is 38.5 Å². The van der Waals surface area contributed by atoms with Gasteiger partial charge in [-0.25, -0.2) is 0 Å². The van der Waals surface area contributed by atoms with E-state index in [9.17, 15) is 0 Å². The minimum absolute atomic E-state index is 0.346. The zero-order valence-corrected chi connectivity index (χ0v) is 19.1. The summed E-state index contributed by atoms with van der Waals surface area (Å²) < 4.78 is 18.6. The lowest BCUT2D eigenvalue weighted by Crippen LogP contribution is -2.50. The van der Waals surface area contributed by atoms with Crippen LogP contribution in [0, 0.1) is 11.3 Å². The largest absolute Gasteiger partial charge is 0.380 e. The van der Waals surface area contributed by atoms with Gasteiger partial charge in [0.2, 0.25) is 0 Å². The van der Waals surface area contributed by atoms with Gasteiger partial charge in [-0.15, -0.1) is 0 Å². The van der Waals surface area contributed by atoms with Crippen molar-refractivity contribution in [2.45, 2.75) is 117 Å². The molecule has 0 spiro atoms. The molecule has 27 heavy (non-hydrogen) atoms. The van der Waals surface area contributed by atoms with E-state index in [1.54, 1.807) is 0 Å². The maximum atomic E-state index is 6.48. The first-order valence-electron chi connectivity index (χ1n) is 12.0. The second kappa shape index (κ2) is 14.0. The molecular weight excluding hydrogens is 336 g/mol. The first kappa shape index (κ1) is 24.9. The number of rotatable bonds is 18. The molecule has 0 aromatic carbocycles. The fraction of sp³-hybridized carbons (Fsp3) is 1.00. The summed E-state index contributed by atoms with van der Waals surface area (Å²) in [6.45, 7) is 14.6. The van der Waals surface area contributed by atoms with E-state index in [0.717, 1.165) is 45.7 Å². The average molecular weight is 385 g/mol. The summed E-state index contributed by atoms with van der Waals surface area (Å²) in [5.74, 6) is 0.0586. The molecule has 0 radical (unpaired) electrons. The monoisotopic (exact) mass is 384 g/mol. The van der Waals surface area contributed by atoms with Crippen molar-refractivity contribution in [2.24, 2.45) is 11.3 Å². The standard InChI is InChI=1S/C24H48O3/c1-6-11-12-13-14-15-16-22(19-23(9-4)20-25-21-23)24(10-5,26-17-7-2)27-18-8-3/h22H,6-21H2,1-5H3. The topological polar surface area (TPSA) is 27.7 Å². The van der Waals surface area contributed by atoms with Crippen LogP contribution in [0.15, 0.2) is 0 Å². The highest BCUT2D eigenvalue weighted by molar-refractivity contribution is 4.91. The van der Waals surface area contributed by atoms with Crippen LogP contribution in [0.1, 0.15) is 112 Å². The molecule has 3 nitrogen and oxygen atoms in total. The molecule has 1 aliphatic rings. The molecule has 1 atom stereocenters. The number of ether oxygens (including phenoxy) is 3. The van der Waals surface area contributed by atoms with Crippen LogP contribution in [0.25, 0.3) is 0 Å². The summed E-state index contributed by atoms with van der Waals surface area (Å²) in [6, 6.07) is 0. The number of unbranched alkanes of at least 4 members (excludes halogenated alkanes) is 5. The lowest BCUT2D eigenvalue weighted by atomic mass is 9.71. The molecule has 1 aliphatic heterocycles. The zero-order chi connectivity index (χ0) is 20.0. The van der Waals surface area contributed by atoms with E-state index in [-0.39, 0.29) is 0 Å². The number of hydrogen-bond donors (Lipinski definition) is 0. The quantitative estimate of drug-likeness (QED) is 0.186. The average Bonchev–Trinajstić information content (AvgIpc) is 2.66. The highest BCUT2D eigenvalue weighted by Gasteiger charge is 2.46. The lowest BCUT2D eigenvalue weighted by Gasteiger charge is -2.48. The van der Waals surface area contributed by atoms with Gasteiger partial charge in [0.05, 0.1) is 13.2 Å². The Hall–Kier alpha value is -0.120. The van der Waals surface area contributed by atoms with Crippen molar-refractivity contribution in [3.05, 3.63) is 0 Å². The van der Waals surface area contributed by atoms with Crippen molar-refractivity contribution < 1.29 is 14.2 Å². The maximum absolute atomic E-state index is 6.48. The van der Waals surface area contributed by atoms with Gasteiger partial charge in [0.25, 0.3) is 0 Å². The van der Waals surface area contributed by atoms with E-state index >= 15 is 0 Å². The van der Waals surface area contributed by atoms with Crippen molar-refractivity contribution in [3.8, 4) is 0 Å². The Morgan fingerprint density at radius 2 is 1.41 bits per heavy atom. The van der Waals surface area contributed by atoms with E-state index in [1.807, 2.05) is 0 Å². The van der Waals surface area contributed by atoms with Crippen LogP contribution >= 0.6 is 0 Å². The number of hydrogen-bond acceptors (Lipinski definition) is 3. The van der Waals surface area contributed by atoms with Crippen molar-refractivity contribution >= 4 is 0 Å². The second-order valence-electron chi connectivity index (χ2n) is 8.67. The van der Waals surface area contributed by atoms with Gasteiger partial charge in [-0.2, -0.15) is 0 Å². The molecule has 0 aliphatic carbocycles. The predicted octanol–water partition coefficient (Wildman–Crippen LogP) is 7.13. The fourth-order valence-corrected chi connectivity index (χ4v) is 4.35. The van der Waals surface area contributed by atoms with Crippen molar-refractivity contribution in [1.29, 1.82) is 0 Å². The molecule has 0 N–H and O–H groups in total. The molecule has 1 unspecified atom stereocenters. The van der Waals surface area contributed by atoms with E-state index in [0.29, 0.717) is 11.3 Å². The second-order valence-corrected chi connectivity index (χ2v) is 8.67. The van der Waals surface area contributed by atoms with Gasteiger partial charge in [0.1, 0.15) is 0 Å². The Morgan fingerprint density at radius 1 is 0.815 bits per heavy atom. The smallest absolute Gasteiger partial charge is 0.170 e. The molecule has 1 heterocycles. The molecular formula is C24H48O3. The Kier molecular flexibility index (Phi) is 12.9. The molecule has 0 bridgehead atoms.